The number of hydrogen-bond donors (Lipinski definition) is 4. The molecule has 2 saturated heterocycles. The summed E-state index contributed by atoms with van der Waals surface area (Å²) in [5.74, 6) is -1.76. The number of aryl methyl sites for hydroxylation is 1. The second-order valence-corrected chi connectivity index (χ2v) is 17.7. The summed E-state index contributed by atoms with van der Waals surface area (Å²) in [7, 11) is 1.61. The predicted octanol–water partition coefficient (Wildman–Crippen LogP) is 5.01. The van der Waals surface area contributed by atoms with E-state index in [4.69, 9.17) is 9.84 Å². The van der Waals surface area contributed by atoms with Crippen LogP contribution >= 0.6 is 0 Å². The Kier molecular flexibility index (Phi) is 13.3. The van der Waals surface area contributed by atoms with Crippen LogP contribution in [0.3, 0.4) is 0 Å². The Morgan fingerprint density at radius 2 is 1.75 bits per heavy atom. The third kappa shape index (κ3) is 9.22. The molecule has 1 atom stereocenters. The fraction of sp³-hybridized carbons (Fsp3) is 0.489. The normalized spacial score (nSPS) is 18.5. The number of amides is 7. The SMILES string of the molecule is CNC(=O)N1CCc2c(c(N3CCCc4cc(-c5cnn(CC(=O)NCCCCCCNc6cccc7c6C(=O)N(C6CCC(=O)NC6=O)C7=O)c5)c(C(F)F)cc43)nn2C2CCOCC2)C1. The monoisotopic (exact) mass is 923 g/mol. The highest BCUT2D eigenvalue weighted by Gasteiger charge is 2.45. The Hall–Kier alpha value is -6.70. The number of fused-ring (bicyclic) bond motifs is 3. The van der Waals surface area contributed by atoms with Crippen LogP contribution in [0.1, 0.15) is 113 Å². The van der Waals surface area contributed by atoms with Crippen molar-refractivity contribution >= 4 is 52.8 Å². The topological polar surface area (TPSA) is 205 Å². The van der Waals surface area contributed by atoms with Crippen LogP contribution in [0.25, 0.3) is 11.1 Å². The number of alkyl halides is 2. The van der Waals surface area contributed by atoms with E-state index in [1.165, 1.54) is 10.9 Å². The number of piperidine rings is 1. The van der Waals surface area contributed by atoms with E-state index in [-0.39, 0.29) is 54.1 Å². The van der Waals surface area contributed by atoms with Crippen molar-refractivity contribution in [2.24, 2.45) is 0 Å². The van der Waals surface area contributed by atoms with Crippen LogP contribution in [-0.4, -0.2) is 117 Å². The third-order valence-corrected chi connectivity index (χ3v) is 13.4. The molecule has 4 N–H and O–H groups in total. The molecule has 2 aromatic carbocycles. The van der Waals surface area contributed by atoms with Gasteiger partial charge in [-0.3, -0.25) is 43.6 Å². The number of urea groups is 1. The molecule has 67 heavy (non-hydrogen) atoms. The first-order chi connectivity index (χ1) is 32.5. The molecule has 2 fully saturated rings. The smallest absolute Gasteiger partial charge is 0.317 e. The van der Waals surface area contributed by atoms with E-state index >= 15 is 8.78 Å². The molecular weight excluding hydrogens is 869 g/mol. The van der Waals surface area contributed by atoms with Crippen molar-refractivity contribution in [1.29, 1.82) is 0 Å². The molecule has 4 aromatic rings. The lowest BCUT2D eigenvalue weighted by Crippen LogP contribution is -2.54. The van der Waals surface area contributed by atoms with Gasteiger partial charge < -0.3 is 30.5 Å². The Bertz CT molecular complexity index is 2590. The van der Waals surface area contributed by atoms with Crippen LogP contribution in [0.15, 0.2) is 42.7 Å². The van der Waals surface area contributed by atoms with Crippen molar-refractivity contribution < 1.29 is 42.3 Å². The fourth-order valence-electron chi connectivity index (χ4n) is 10.0. The first-order valence-electron chi connectivity index (χ1n) is 23.3. The number of carbonyl (C=O) groups excluding carboxylic acids is 6. The standard InChI is InChI=1S/C47H55F2N11O7/c1-50-47(66)56-19-13-36-34(26-56)43(55-60(36)30-14-20-67-21-15-30)58-18-7-8-28-22-32(33(42(48)49)23-38(28)58)29-24-53-57(25-29)27-40(62)52-17-5-3-2-4-16-51-35-10-6-9-31-41(35)46(65)59(45(31)64)37-11-12-39(61)54-44(37)63/h6,9-10,22-25,30,37,42,51H,2-5,7-8,11-21,26-27H2,1H3,(H,50,66)(H,52,62)(H,54,61,63). The lowest BCUT2D eigenvalue weighted by Gasteiger charge is -2.33. The summed E-state index contributed by atoms with van der Waals surface area (Å²) in [5.41, 5.74) is 5.27. The largest absolute Gasteiger partial charge is 0.384 e. The van der Waals surface area contributed by atoms with Gasteiger partial charge in [-0.2, -0.15) is 10.2 Å². The van der Waals surface area contributed by atoms with Gasteiger partial charge in [0.2, 0.25) is 17.7 Å². The zero-order valence-electron chi connectivity index (χ0n) is 37.5. The number of rotatable bonds is 15. The molecule has 2 aromatic heterocycles. The van der Waals surface area contributed by atoms with Gasteiger partial charge in [-0.25, -0.2) is 13.6 Å². The van der Waals surface area contributed by atoms with E-state index in [9.17, 15) is 28.8 Å². The number of imide groups is 2. The van der Waals surface area contributed by atoms with E-state index in [2.05, 4.69) is 31.0 Å². The molecule has 0 saturated carbocycles. The summed E-state index contributed by atoms with van der Waals surface area (Å²) in [5, 5.41) is 20.6. The minimum Gasteiger partial charge on any atom is -0.384 e. The van der Waals surface area contributed by atoms with Crippen LogP contribution in [0.2, 0.25) is 0 Å². The lowest BCUT2D eigenvalue weighted by molar-refractivity contribution is -0.136. The first-order valence-corrected chi connectivity index (χ1v) is 23.3. The number of anilines is 3. The van der Waals surface area contributed by atoms with Gasteiger partial charge in [-0.15, -0.1) is 0 Å². The summed E-state index contributed by atoms with van der Waals surface area (Å²) in [4.78, 5) is 81.0. The highest BCUT2D eigenvalue weighted by atomic mass is 19.3. The highest BCUT2D eigenvalue weighted by molar-refractivity contribution is 6.25. The van der Waals surface area contributed by atoms with E-state index < -0.39 is 36.1 Å². The van der Waals surface area contributed by atoms with Crippen molar-refractivity contribution in [3.05, 3.63) is 76.2 Å². The quantitative estimate of drug-likeness (QED) is 0.0922. The summed E-state index contributed by atoms with van der Waals surface area (Å²) >= 11 is 0. The van der Waals surface area contributed by atoms with Crippen molar-refractivity contribution in [2.45, 2.75) is 102 Å². The molecule has 0 spiro atoms. The number of unbranched alkanes of at least 4 members (excludes halogenated alkanes) is 3. The number of aromatic nitrogens is 4. The van der Waals surface area contributed by atoms with Crippen molar-refractivity contribution in [1.82, 2.24) is 45.3 Å². The van der Waals surface area contributed by atoms with E-state index in [0.717, 1.165) is 66.7 Å². The molecule has 20 heteroatoms. The lowest BCUT2D eigenvalue weighted by atomic mass is 9.92. The maximum atomic E-state index is 15.0. The van der Waals surface area contributed by atoms with Crippen LogP contribution in [0.5, 0.6) is 0 Å². The Balaban J connectivity index is 0.783. The number of nitrogens with zero attached hydrogens (tertiary/aromatic N) is 7. The van der Waals surface area contributed by atoms with Gasteiger partial charge in [-0.05, 0) is 80.3 Å². The number of benzene rings is 2. The fourth-order valence-corrected chi connectivity index (χ4v) is 10.0. The summed E-state index contributed by atoms with van der Waals surface area (Å²) < 4.78 is 39.2. The number of carbonyl (C=O) groups is 6. The average molecular weight is 924 g/mol. The minimum atomic E-state index is -2.78. The number of halogens is 2. The second kappa shape index (κ2) is 19.6. The van der Waals surface area contributed by atoms with Gasteiger partial charge in [0.05, 0.1) is 29.9 Å². The van der Waals surface area contributed by atoms with Gasteiger partial charge in [0.1, 0.15) is 12.6 Å². The van der Waals surface area contributed by atoms with Gasteiger partial charge in [0.15, 0.2) is 5.82 Å². The van der Waals surface area contributed by atoms with Gasteiger partial charge in [0, 0.05) is 99.2 Å². The molecule has 0 radical (unpaired) electrons. The van der Waals surface area contributed by atoms with E-state index in [1.807, 2.05) is 11.0 Å². The molecule has 7 amide bonds. The summed E-state index contributed by atoms with van der Waals surface area (Å²) in [6.45, 7) is 3.70. The zero-order chi connectivity index (χ0) is 46.8. The van der Waals surface area contributed by atoms with Crippen molar-refractivity contribution in [2.75, 3.05) is 56.7 Å². The molecule has 18 nitrogen and oxygen atoms in total. The Labute approximate surface area is 385 Å². The highest BCUT2D eigenvalue weighted by Crippen LogP contribution is 2.44. The Morgan fingerprint density at radius 1 is 0.940 bits per heavy atom. The van der Waals surface area contributed by atoms with Crippen LogP contribution in [-0.2, 0) is 45.1 Å². The van der Waals surface area contributed by atoms with E-state index in [0.29, 0.717) is 87.1 Å². The zero-order valence-corrected chi connectivity index (χ0v) is 37.5. The van der Waals surface area contributed by atoms with Gasteiger partial charge >= 0.3 is 6.03 Å². The molecule has 1 unspecified atom stereocenters. The number of hydrogen-bond acceptors (Lipinski definition) is 11. The average Bonchev–Trinajstić information content (AvgIpc) is 4.03. The molecule has 9 rings (SSSR count). The van der Waals surface area contributed by atoms with E-state index in [1.54, 1.807) is 42.4 Å². The Morgan fingerprint density at radius 3 is 2.52 bits per heavy atom. The third-order valence-electron chi connectivity index (χ3n) is 13.4. The van der Waals surface area contributed by atoms with Crippen molar-refractivity contribution in [3.63, 3.8) is 0 Å². The number of ether oxygens (including phenoxy) is 1. The van der Waals surface area contributed by atoms with Crippen molar-refractivity contribution in [3.8, 4) is 11.1 Å². The van der Waals surface area contributed by atoms with Gasteiger partial charge in [-0.1, -0.05) is 18.9 Å². The van der Waals surface area contributed by atoms with Crippen LogP contribution in [0.4, 0.5) is 30.8 Å². The molecule has 354 valence electrons. The second-order valence-electron chi connectivity index (χ2n) is 17.7. The molecule has 0 aliphatic carbocycles. The predicted molar refractivity (Wildman–Crippen MR) is 241 cm³/mol. The van der Waals surface area contributed by atoms with Gasteiger partial charge in [0.25, 0.3) is 18.2 Å². The maximum absolute atomic E-state index is 15.0. The summed E-state index contributed by atoms with van der Waals surface area (Å²) in [6, 6.07) is 7.30. The molecule has 7 heterocycles. The van der Waals surface area contributed by atoms with Crippen LogP contribution < -0.4 is 26.2 Å². The first kappa shape index (κ1) is 45.5. The minimum absolute atomic E-state index is 0.0476. The molecular formula is C47H55F2N11O7. The number of nitrogens with one attached hydrogen (secondary N) is 4. The maximum Gasteiger partial charge on any atom is 0.317 e. The molecule has 5 aliphatic rings. The molecule has 0 bridgehead atoms. The van der Waals surface area contributed by atoms with Crippen LogP contribution in [0, 0.1) is 0 Å². The molecule has 5 aliphatic heterocycles. The summed E-state index contributed by atoms with van der Waals surface area (Å²) in [6.07, 6.45) is 7.39.